The van der Waals surface area contributed by atoms with Crippen LogP contribution in [0.3, 0.4) is 0 Å². The monoisotopic (exact) mass is 1270 g/mol. The molecule has 5 atom stereocenters. The Balaban J connectivity index is 5.19. The molecule has 0 spiro atoms. The van der Waals surface area contributed by atoms with Gasteiger partial charge in [-0.05, 0) is 49.4 Å². The zero-order chi connectivity index (χ0) is 63.9. The number of aliphatic hydroxyl groups is 1. The van der Waals surface area contributed by atoms with Gasteiger partial charge in [0.15, 0.2) is 12.2 Å². The third-order valence-electron chi connectivity index (χ3n) is 15.3. The molecule has 0 fully saturated rings. The van der Waals surface area contributed by atoms with Crippen LogP contribution in [-0.4, -0.2) is 96.7 Å². The van der Waals surface area contributed by atoms with Gasteiger partial charge in [0.1, 0.15) is 19.3 Å². The molecular formula is C67H130O17P2. The van der Waals surface area contributed by atoms with Crippen LogP contribution in [0.2, 0.25) is 0 Å². The van der Waals surface area contributed by atoms with Gasteiger partial charge in [0.25, 0.3) is 0 Å². The van der Waals surface area contributed by atoms with Gasteiger partial charge in [-0.15, -0.1) is 0 Å². The van der Waals surface area contributed by atoms with E-state index in [0.29, 0.717) is 43.4 Å². The van der Waals surface area contributed by atoms with E-state index < -0.39 is 97.5 Å². The SMILES string of the molecule is CC(C)CCCCCCCCCCCCCCCCC(=O)OC[C@H](COP(=O)(O)OC[C@@H](O)COP(=O)(O)OC[C@@H](COC(=O)CCCCCCCCC(C)C)OC(=O)CCCCCCCCCC(C)C)OC(=O)CCCCCCCCCC(C)C. The van der Waals surface area contributed by atoms with Crippen molar-refractivity contribution in [1.82, 2.24) is 0 Å². The van der Waals surface area contributed by atoms with Crippen molar-refractivity contribution in [2.75, 3.05) is 39.6 Å². The number of aliphatic hydroxyl groups excluding tert-OH is 1. The molecule has 86 heavy (non-hydrogen) atoms. The second kappa shape index (κ2) is 57.0. The topological polar surface area (TPSA) is 237 Å². The van der Waals surface area contributed by atoms with E-state index in [4.69, 9.17) is 37.0 Å². The van der Waals surface area contributed by atoms with Gasteiger partial charge in [-0.2, -0.15) is 0 Å². The molecule has 3 N–H and O–H groups in total. The Morgan fingerprint density at radius 2 is 0.488 bits per heavy atom. The Morgan fingerprint density at radius 3 is 0.721 bits per heavy atom. The Labute approximate surface area is 524 Å². The van der Waals surface area contributed by atoms with E-state index in [0.717, 1.165) is 102 Å². The molecular weight excluding hydrogens is 1140 g/mol. The van der Waals surface area contributed by atoms with Gasteiger partial charge in [0, 0.05) is 25.7 Å². The minimum atomic E-state index is -4.95. The van der Waals surface area contributed by atoms with Gasteiger partial charge in [0.05, 0.1) is 26.4 Å². The molecule has 2 unspecified atom stereocenters. The molecule has 510 valence electrons. The Morgan fingerprint density at radius 1 is 0.291 bits per heavy atom. The van der Waals surface area contributed by atoms with Crippen LogP contribution in [0, 0.1) is 23.7 Å². The number of esters is 4. The number of carbonyl (C=O) groups excluding carboxylic acids is 4. The first kappa shape index (κ1) is 84.1. The standard InChI is InChI=1S/C67H130O17P2/c1-57(2)43-35-27-19-15-13-11-9-10-12-14-16-22-31-39-47-64(69)77-53-62(83-66(71)49-41-33-23-17-20-28-36-44-58(3)4)55-81-85(73,74)79-51-61(68)52-80-86(75,76)82-56-63(54-78-65(70)48-40-32-26-25-30-38-46-60(7)8)84-67(72)50-42-34-24-18-21-29-37-45-59(5)6/h57-63,68H,9-56H2,1-8H3,(H,73,74)(H,75,76)/t61-,62-,63-/m1/s1. The number of phosphoric ester groups is 2. The van der Waals surface area contributed by atoms with E-state index in [9.17, 15) is 43.2 Å². The van der Waals surface area contributed by atoms with Crippen LogP contribution in [-0.2, 0) is 65.4 Å². The summed E-state index contributed by atoms with van der Waals surface area (Å²) in [6.45, 7) is 13.9. The molecule has 0 aromatic carbocycles. The van der Waals surface area contributed by atoms with Crippen molar-refractivity contribution in [2.24, 2.45) is 23.7 Å². The lowest BCUT2D eigenvalue weighted by Gasteiger charge is -2.21. The van der Waals surface area contributed by atoms with Crippen LogP contribution < -0.4 is 0 Å². The molecule has 0 bridgehead atoms. The van der Waals surface area contributed by atoms with Crippen molar-refractivity contribution in [2.45, 2.75) is 343 Å². The summed E-state index contributed by atoms with van der Waals surface area (Å²) in [6, 6.07) is 0. The number of hydrogen-bond donors (Lipinski definition) is 3. The molecule has 0 heterocycles. The molecule has 0 aliphatic carbocycles. The van der Waals surface area contributed by atoms with E-state index in [1.807, 2.05) is 0 Å². The van der Waals surface area contributed by atoms with Crippen molar-refractivity contribution < 1.29 is 80.2 Å². The molecule has 0 aromatic heterocycles. The molecule has 0 aromatic rings. The Hall–Kier alpha value is -1.94. The first-order valence-electron chi connectivity index (χ1n) is 34.7. The zero-order valence-corrected chi connectivity index (χ0v) is 57.7. The fourth-order valence-corrected chi connectivity index (χ4v) is 11.5. The highest BCUT2D eigenvalue weighted by Gasteiger charge is 2.30. The molecule has 19 heteroatoms. The predicted molar refractivity (Wildman–Crippen MR) is 344 cm³/mol. The minimum Gasteiger partial charge on any atom is -0.462 e. The Kier molecular flexibility index (Phi) is 55.7. The van der Waals surface area contributed by atoms with Gasteiger partial charge in [-0.1, -0.05) is 274 Å². The van der Waals surface area contributed by atoms with Gasteiger partial charge in [-0.3, -0.25) is 37.3 Å². The van der Waals surface area contributed by atoms with Crippen molar-refractivity contribution in [3.05, 3.63) is 0 Å². The average Bonchev–Trinajstić information content (AvgIpc) is 3.66. The maximum Gasteiger partial charge on any atom is 0.472 e. The molecule has 0 aliphatic heterocycles. The van der Waals surface area contributed by atoms with Crippen LogP contribution in [0.4, 0.5) is 0 Å². The number of phosphoric acid groups is 2. The molecule has 0 rings (SSSR count). The molecule has 0 aliphatic rings. The molecule has 17 nitrogen and oxygen atoms in total. The molecule has 0 amide bonds. The summed E-state index contributed by atoms with van der Waals surface area (Å²) < 4.78 is 68.0. The van der Waals surface area contributed by atoms with Gasteiger partial charge < -0.3 is 33.8 Å². The normalized spacial score (nSPS) is 14.4. The summed E-state index contributed by atoms with van der Waals surface area (Å²) >= 11 is 0. The fraction of sp³-hybridized carbons (Fsp3) is 0.940. The van der Waals surface area contributed by atoms with Crippen LogP contribution >= 0.6 is 15.6 Å². The van der Waals surface area contributed by atoms with Crippen LogP contribution in [0.15, 0.2) is 0 Å². The summed E-state index contributed by atoms with van der Waals surface area (Å²) in [4.78, 5) is 72.3. The number of unbranched alkanes of at least 4 members (excludes halogenated alkanes) is 30. The summed E-state index contributed by atoms with van der Waals surface area (Å²) in [7, 11) is -9.89. The van der Waals surface area contributed by atoms with Crippen LogP contribution in [0.5, 0.6) is 0 Å². The minimum absolute atomic E-state index is 0.102. The van der Waals surface area contributed by atoms with Crippen molar-refractivity contribution in [3.8, 4) is 0 Å². The van der Waals surface area contributed by atoms with E-state index in [1.54, 1.807) is 0 Å². The zero-order valence-electron chi connectivity index (χ0n) is 55.9. The van der Waals surface area contributed by atoms with Crippen LogP contribution in [0.25, 0.3) is 0 Å². The second-order valence-corrected chi connectivity index (χ2v) is 29.0. The smallest absolute Gasteiger partial charge is 0.462 e. The summed E-state index contributed by atoms with van der Waals surface area (Å²) in [5.74, 6) is 0.730. The fourth-order valence-electron chi connectivity index (χ4n) is 9.96. The van der Waals surface area contributed by atoms with E-state index in [-0.39, 0.29) is 25.7 Å². The number of rotatable bonds is 64. The first-order chi connectivity index (χ1) is 41.1. The van der Waals surface area contributed by atoms with Crippen molar-refractivity contribution in [3.63, 3.8) is 0 Å². The number of hydrogen-bond acceptors (Lipinski definition) is 15. The third-order valence-corrected chi connectivity index (χ3v) is 17.2. The van der Waals surface area contributed by atoms with Crippen LogP contribution in [0.1, 0.15) is 325 Å². The highest BCUT2D eigenvalue weighted by Crippen LogP contribution is 2.45. The number of ether oxygens (including phenoxy) is 4. The lowest BCUT2D eigenvalue weighted by molar-refractivity contribution is -0.161. The van der Waals surface area contributed by atoms with Gasteiger partial charge >= 0.3 is 39.5 Å². The largest absolute Gasteiger partial charge is 0.472 e. The highest BCUT2D eigenvalue weighted by atomic mass is 31.2. The lowest BCUT2D eigenvalue weighted by atomic mass is 10.0. The molecule has 0 radical (unpaired) electrons. The summed E-state index contributed by atoms with van der Waals surface area (Å²) in [5.41, 5.74) is 0. The predicted octanol–water partition coefficient (Wildman–Crippen LogP) is 18.5. The third kappa shape index (κ3) is 60.9. The van der Waals surface area contributed by atoms with Crippen molar-refractivity contribution in [1.29, 1.82) is 0 Å². The van der Waals surface area contributed by atoms with E-state index >= 15 is 0 Å². The molecule has 0 saturated carbocycles. The van der Waals surface area contributed by atoms with Gasteiger partial charge in [0.2, 0.25) is 0 Å². The summed E-state index contributed by atoms with van der Waals surface area (Å²) in [6.07, 6.45) is 38.0. The quantitative estimate of drug-likeness (QED) is 0.0222. The maximum absolute atomic E-state index is 13.0. The Bertz CT molecular complexity index is 1710. The first-order valence-corrected chi connectivity index (χ1v) is 37.7. The van der Waals surface area contributed by atoms with Crippen molar-refractivity contribution >= 4 is 39.5 Å². The van der Waals surface area contributed by atoms with E-state index in [1.165, 1.54) is 122 Å². The second-order valence-electron chi connectivity index (χ2n) is 26.1. The molecule has 0 saturated heterocycles. The number of carbonyl (C=O) groups is 4. The van der Waals surface area contributed by atoms with Gasteiger partial charge in [-0.25, -0.2) is 9.13 Å². The maximum atomic E-state index is 13.0. The van der Waals surface area contributed by atoms with E-state index in [2.05, 4.69) is 55.4 Å². The highest BCUT2D eigenvalue weighted by molar-refractivity contribution is 7.47. The lowest BCUT2D eigenvalue weighted by Crippen LogP contribution is -2.30. The average molecular weight is 1270 g/mol. The summed E-state index contributed by atoms with van der Waals surface area (Å²) in [5, 5.41) is 10.5.